The van der Waals surface area contributed by atoms with E-state index in [2.05, 4.69) is 27.7 Å². The molecule has 0 aliphatic heterocycles. The molecule has 0 saturated heterocycles. The van der Waals surface area contributed by atoms with Crippen molar-refractivity contribution in [3.8, 4) is 0 Å². The summed E-state index contributed by atoms with van der Waals surface area (Å²) in [5.74, 6) is 0. The molecular formula is C12H28. The van der Waals surface area contributed by atoms with Gasteiger partial charge in [-0.05, 0) is 18.3 Å². The molecule has 0 aromatic heterocycles. The zero-order valence-electron chi connectivity index (χ0n) is 10.0. The van der Waals surface area contributed by atoms with Crippen LogP contribution in [-0.4, -0.2) is 0 Å². The van der Waals surface area contributed by atoms with Crippen molar-refractivity contribution >= 4 is 0 Å². The summed E-state index contributed by atoms with van der Waals surface area (Å²) in [5, 5.41) is 0. The average molecular weight is 172 g/mol. The molecule has 1 aliphatic rings. The van der Waals surface area contributed by atoms with Crippen molar-refractivity contribution in [1.82, 2.24) is 0 Å². The Balaban J connectivity index is 0. The van der Waals surface area contributed by atoms with E-state index < -0.39 is 0 Å². The fraction of sp³-hybridized carbons (Fsp3) is 1.00. The summed E-state index contributed by atoms with van der Waals surface area (Å²) in [7, 11) is 0. The standard InChI is InChI=1S/C7H14.C3H8.C2H6/c1-7(2)5-3-4-6-7;1-3-2;1-2/h3-6H2,1-2H3;3H2,1-2H3;1-2H3. The molecule has 0 aromatic carbocycles. The van der Waals surface area contributed by atoms with Crippen LogP contribution in [0.5, 0.6) is 0 Å². The predicted octanol–water partition coefficient (Wildman–Crippen LogP) is 5.03. The molecule has 1 rings (SSSR count). The van der Waals surface area contributed by atoms with E-state index in [1.165, 1.54) is 32.1 Å². The first-order chi connectivity index (χ1) is 5.62. The molecule has 0 atom stereocenters. The van der Waals surface area contributed by atoms with Gasteiger partial charge in [-0.25, -0.2) is 0 Å². The number of rotatable bonds is 0. The Kier molecular flexibility index (Phi) is 11.0. The molecule has 12 heavy (non-hydrogen) atoms. The number of hydrogen-bond acceptors (Lipinski definition) is 0. The highest BCUT2D eigenvalue weighted by atomic mass is 14.3. The highest BCUT2D eigenvalue weighted by Crippen LogP contribution is 2.36. The molecule has 0 nitrogen and oxygen atoms in total. The van der Waals surface area contributed by atoms with Gasteiger partial charge in [0.25, 0.3) is 0 Å². The minimum absolute atomic E-state index is 0.694. The zero-order valence-corrected chi connectivity index (χ0v) is 10.0. The van der Waals surface area contributed by atoms with Gasteiger partial charge in [-0.1, -0.05) is 60.8 Å². The van der Waals surface area contributed by atoms with Gasteiger partial charge < -0.3 is 0 Å². The third-order valence-electron chi connectivity index (χ3n) is 1.96. The van der Waals surface area contributed by atoms with E-state index in [0.29, 0.717) is 5.41 Å². The first-order valence-electron chi connectivity index (χ1n) is 5.62. The first-order valence-corrected chi connectivity index (χ1v) is 5.62. The number of hydrogen-bond donors (Lipinski definition) is 0. The molecule has 0 heteroatoms. The molecule has 0 amide bonds. The molecule has 76 valence electrons. The second-order valence-corrected chi connectivity index (χ2v) is 4.08. The van der Waals surface area contributed by atoms with Crippen LogP contribution in [0.2, 0.25) is 0 Å². The third kappa shape index (κ3) is 10.0. The van der Waals surface area contributed by atoms with E-state index in [9.17, 15) is 0 Å². The van der Waals surface area contributed by atoms with Crippen LogP contribution in [0.1, 0.15) is 73.6 Å². The molecule has 0 heterocycles. The van der Waals surface area contributed by atoms with Gasteiger partial charge in [0, 0.05) is 0 Å². The fourth-order valence-electron chi connectivity index (χ4n) is 1.33. The van der Waals surface area contributed by atoms with E-state index in [1.54, 1.807) is 0 Å². The summed E-state index contributed by atoms with van der Waals surface area (Å²) in [6, 6.07) is 0. The Bertz CT molecular complexity index is 64.1. The summed E-state index contributed by atoms with van der Waals surface area (Å²) in [6.45, 7) is 13.0. The molecule has 1 saturated carbocycles. The molecule has 1 aliphatic carbocycles. The van der Waals surface area contributed by atoms with Crippen LogP contribution in [0.25, 0.3) is 0 Å². The predicted molar refractivity (Wildman–Crippen MR) is 59.6 cm³/mol. The van der Waals surface area contributed by atoms with Gasteiger partial charge in [-0.3, -0.25) is 0 Å². The monoisotopic (exact) mass is 172 g/mol. The van der Waals surface area contributed by atoms with Gasteiger partial charge in [0.05, 0.1) is 0 Å². The lowest BCUT2D eigenvalue weighted by atomic mass is 9.92. The van der Waals surface area contributed by atoms with E-state index >= 15 is 0 Å². The Hall–Kier alpha value is 0. The normalized spacial score (nSPS) is 18.5. The largest absolute Gasteiger partial charge is 0.0683 e. The Morgan fingerprint density at radius 3 is 1.25 bits per heavy atom. The van der Waals surface area contributed by atoms with E-state index in [1.807, 2.05) is 13.8 Å². The molecule has 0 unspecified atom stereocenters. The van der Waals surface area contributed by atoms with Gasteiger partial charge in [-0.2, -0.15) is 0 Å². The van der Waals surface area contributed by atoms with E-state index in [-0.39, 0.29) is 0 Å². The molecule has 0 spiro atoms. The summed E-state index contributed by atoms with van der Waals surface area (Å²) in [4.78, 5) is 0. The fourth-order valence-corrected chi connectivity index (χ4v) is 1.33. The van der Waals surface area contributed by atoms with Crippen LogP contribution < -0.4 is 0 Å². The molecule has 1 fully saturated rings. The van der Waals surface area contributed by atoms with Gasteiger partial charge in [0.1, 0.15) is 0 Å². The summed E-state index contributed by atoms with van der Waals surface area (Å²) in [6.07, 6.45) is 7.08. The van der Waals surface area contributed by atoms with Crippen LogP contribution in [0, 0.1) is 5.41 Å². The van der Waals surface area contributed by atoms with Crippen molar-refractivity contribution in [2.75, 3.05) is 0 Å². The van der Waals surface area contributed by atoms with Gasteiger partial charge in [-0.15, -0.1) is 0 Å². The van der Waals surface area contributed by atoms with Gasteiger partial charge in [0.15, 0.2) is 0 Å². The minimum atomic E-state index is 0.694. The van der Waals surface area contributed by atoms with Crippen molar-refractivity contribution in [1.29, 1.82) is 0 Å². The Morgan fingerprint density at radius 2 is 1.17 bits per heavy atom. The second-order valence-electron chi connectivity index (χ2n) is 4.08. The highest BCUT2D eigenvalue weighted by Gasteiger charge is 2.21. The minimum Gasteiger partial charge on any atom is -0.0683 e. The van der Waals surface area contributed by atoms with Crippen molar-refractivity contribution in [3.63, 3.8) is 0 Å². The van der Waals surface area contributed by atoms with Crippen molar-refractivity contribution in [2.45, 2.75) is 73.6 Å². The summed E-state index contributed by atoms with van der Waals surface area (Å²) < 4.78 is 0. The van der Waals surface area contributed by atoms with Crippen LogP contribution in [0.4, 0.5) is 0 Å². The highest BCUT2D eigenvalue weighted by molar-refractivity contribution is 4.74. The second kappa shape index (κ2) is 9.09. The topological polar surface area (TPSA) is 0 Å². The maximum atomic E-state index is 2.36. The molecule has 0 radical (unpaired) electrons. The molecule has 0 aromatic rings. The Morgan fingerprint density at radius 1 is 0.917 bits per heavy atom. The molecule has 0 N–H and O–H groups in total. The quantitative estimate of drug-likeness (QED) is 0.481. The third-order valence-corrected chi connectivity index (χ3v) is 1.96. The maximum absolute atomic E-state index is 2.36. The lowest BCUT2D eigenvalue weighted by molar-refractivity contribution is 0.382. The van der Waals surface area contributed by atoms with Crippen LogP contribution in [0.15, 0.2) is 0 Å². The summed E-state index contributed by atoms with van der Waals surface area (Å²) >= 11 is 0. The Labute approximate surface area is 79.8 Å². The lowest BCUT2D eigenvalue weighted by Crippen LogP contribution is -2.01. The van der Waals surface area contributed by atoms with Gasteiger partial charge in [0.2, 0.25) is 0 Å². The van der Waals surface area contributed by atoms with Crippen LogP contribution in [-0.2, 0) is 0 Å². The smallest absolute Gasteiger partial charge is 0.0354 e. The SMILES string of the molecule is CC.CC1(C)CCCC1.CCC. The maximum Gasteiger partial charge on any atom is -0.0354 e. The van der Waals surface area contributed by atoms with E-state index in [0.717, 1.165) is 0 Å². The lowest BCUT2D eigenvalue weighted by Gasteiger charge is -2.13. The van der Waals surface area contributed by atoms with Crippen LogP contribution in [0.3, 0.4) is 0 Å². The molecular weight excluding hydrogens is 144 g/mol. The summed E-state index contributed by atoms with van der Waals surface area (Å²) in [5.41, 5.74) is 0.694. The first kappa shape index (κ1) is 14.5. The van der Waals surface area contributed by atoms with Crippen LogP contribution >= 0.6 is 0 Å². The van der Waals surface area contributed by atoms with Crippen molar-refractivity contribution < 1.29 is 0 Å². The van der Waals surface area contributed by atoms with Gasteiger partial charge >= 0.3 is 0 Å². The van der Waals surface area contributed by atoms with E-state index in [4.69, 9.17) is 0 Å². The molecule has 0 bridgehead atoms. The average Bonchev–Trinajstić information content (AvgIpc) is 2.40. The van der Waals surface area contributed by atoms with Crippen molar-refractivity contribution in [2.24, 2.45) is 5.41 Å². The zero-order chi connectivity index (χ0) is 10.0. The van der Waals surface area contributed by atoms with Crippen molar-refractivity contribution in [3.05, 3.63) is 0 Å².